The largest absolute Gasteiger partial charge is 0.0628 e. The Morgan fingerprint density at radius 1 is 0.429 bits per heavy atom. The van der Waals surface area contributed by atoms with Gasteiger partial charge in [-0.05, 0) is 36.5 Å². The minimum atomic E-state index is 0.875. The first kappa shape index (κ1) is 16.4. The van der Waals surface area contributed by atoms with Gasteiger partial charge < -0.3 is 0 Å². The molecule has 0 nitrogen and oxygen atoms in total. The molecule has 0 aliphatic heterocycles. The fraction of sp³-hybridized carbons (Fsp3) is 1.00. The predicted molar refractivity (Wildman–Crippen MR) is 68.6 cm³/mol. The van der Waals surface area contributed by atoms with Crippen molar-refractivity contribution in [1.29, 1.82) is 0 Å². The van der Waals surface area contributed by atoms with Gasteiger partial charge in [0.25, 0.3) is 0 Å². The molecule has 0 rings (SSSR count). The lowest BCUT2D eigenvalue weighted by Gasteiger charge is -2.05. The van der Waals surface area contributed by atoms with Crippen molar-refractivity contribution in [2.24, 2.45) is 23.7 Å². The highest BCUT2D eigenvalue weighted by Crippen LogP contribution is 2.08. The van der Waals surface area contributed by atoms with E-state index in [1.54, 1.807) is 0 Å². The molecular weight excluding hydrogens is 168 g/mol. The lowest BCUT2D eigenvalue weighted by Crippen LogP contribution is -1.93. The smallest absolute Gasteiger partial charge is 0.0469 e. The molecule has 0 bridgehead atoms. The van der Waals surface area contributed by atoms with Crippen molar-refractivity contribution in [3.05, 3.63) is 0 Å². The molecule has 14 heavy (non-hydrogen) atoms. The van der Waals surface area contributed by atoms with Crippen LogP contribution in [0.4, 0.5) is 0 Å². The quantitative estimate of drug-likeness (QED) is 0.572. The Balaban J connectivity index is 0. The molecular formula is C14H32. The van der Waals surface area contributed by atoms with E-state index in [4.69, 9.17) is 0 Å². The summed E-state index contributed by atoms with van der Waals surface area (Å²) >= 11 is 0. The second-order valence-corrected chi connectivity index (χ2v) is 6.05. The molecule has 0 radical (unpaired) electrons. The fourth-order valence-corrected chi connectivity index (χ4v) is 1.89. The van der Waals surface area contributed by atoms with Gasteiger partial charge in [-0.15, -0.1) is 0 Å². The van der Waals surface area contributed by atoms with Gasteiger partial charge in [0.1, 0.15) is 0 Å². The van der Waals surface area contributed by atoms with E-state index < -0.39 is 0 Å². The van der Waals surface area contributed by atoms with Crippen LogP contribution >= 0.6 is 0 Å². The monoisotopic (exact) mass is 200 g/mol. The third-order valence-electron chi connectivity index (χ3n) is 1.89. The van der Waals surface area contributed by atoms with Crippen LogP contribution in [-0.4, -0.2) is 0 Å². The van der Waals surface area contributed by atoms with Gasteiger partial charge in [0.05, 0.1) is 0 Å². The maximum absolute atomic E-state index is 2.26. The average Bonchev–Trinajstić information content (AvgIpc) is 1.79. The summed E-state index contributed by atoms with van der Waals surface area (Å²) in [6.07, 6.45) is 2.72. The molecule has 88 valence electrons. The minimum absolute atomic E-state index is 0.875. The maximum atomic E-state index is 2.26. The molecule has 0 aromatic rings. The first-order valence-corrected chi connectivity index (χ1v) is 6.25. The van der Waals surface area contributed by atoms with Crippen molar-refractivity contribution in [2.45, 2.75) is 68.2 Å². The lowest BCUT2D eigenvalue weighted by atomic mass is 10.0. The second-order valence-electron chi connectivity index (χ2n) is 6.05. The van der Waals surface area contributed by atoms with Crippen LogP contribution in [-0.2, 0) is 0 Å². The molecule has 0 heterocycles. The van der Waals surface area contributed by atoms with Crippen LogP contribution in [0.1, 0.15) is 68.2 Å². The Morgan fingerprint density at radius 3 is 0.571 bits per heavy atom. The standard InChI is InChI=1S/2C7H16/c2*1-6(2)5-7(3)4/h2*6-7H,5H2,1-4H3. The van der Waals surface area contributed by atoms with Crippen molar-refractivity contribution in [3.63, 3.8) is 0 Å². The van der Waals surface area contributed by atoms with Crippen LogP contribution in [0, 0.1) is 23.7 Å². The summed E-state index contributed by atoms with van der Waals surface area (Å²) in [6.45, 7) is 18.1. The maximum Gasteiger partial charge on any atom is -0.0469 e. The fourth-order valence-electron chi connectivity index (χ4n) is 1.89. The lowest BCUT2D eigenvalue weighted by molar-refractivity contribution is 0.469. The van der Waals surface area contributed by atoms with E-state index in [2.05, 4.69) is 55.4 Å². The van der Waals surface area contributed by atoms with Crippen molar-refractivity contribution in [3.8, 4) is 0 Å². The molecule has 0 aliphatic rings. The highest BCUT2D eigenvalue weighted by Gasteiger charge is 1.96. The van der Waals surface area contributed by atoms with E-state index >= 15 is 0 Å². The SMILES string of the molecule is CC(C)CC(C)C.CC(C)CC(C)C. The van der Waals surface area contributed by atoms with E-state index in [0.717, 1.165) is 23.7 Å². The molecule has 0 unspecified atom stereocenters. The molecule has 0 atom stereocenters. The second kappa shape index (κ2) is 9.55. The number of hydrogen-bond donors (Lipinski definition) is 0. The molecule has 0 aromatic carbocycles. The van der Waals surface area contributed by atoms with Gasteiger partial charge in [-0.25, -0.2) is 0 Å². The summed E-state index contributed by atoms with van der Waals surface area (Å²) in [7, 11) is 0. The Morgan fingerprint density at radius 2 is 0.571 bits per heavy atom. The Kier molecular flexibility index (Phi) is 11.2. The summed E-state index contributed by atoms with van der Waals surface area (Å²) < 4.78 is 0. The van der Waals surface area contributed by atoms with Crippen LogP contribution < -0.4 is 0 Å². The first-order chi connectivity index (χ1) is 6.25. The Hall–Kier alpha value is 0. The average molecular weight is 200 g/mol. The molecule has 0 saturated heterocycles. The van der Waals surface area contributed by atoms with Crippen LogP contribution in [0.3, 0.4) is 0 Å². The van der Waals surface area contributed by atoms with E-state index in [-0.39, 0.29) is 0 Å². The van der Waals surface area contributed by atoms with Crippen LogP contribution in [0.15, 0.2) is 0 Å². The first-order valence-electron chi connectivity index (χ1n) is 6.25. The van der Waals surface area contributed by atoms with Gasteiger partial charge in [-0.2, -0.15) is 0 Å². The summed E-state index contributed by atoms with van der Waals surface area (Å²) in [4.78, 5) is 0. The molecule has 0 amide bonds. The van der Waals surface area contributed by atoms with E-state index in [1.807, 2.05) is 0 Å². The minimum Gasteiger partial charge on any atom is -0.0628 e. The summed E-state index contributed by atoms with van der Waals surface area (Å²) in [5.74, 6) is 3.50. The summed E-state index contributed by atoms with van der Waals surface area (Å²) in [6, 6.07) is 0. The molecule has 0 aromatic heterocycles. The van der Waals surface area contributed by atoms with Crippen molar-refractivity contribution >= 4 is 0 Å². The van der Waals surface area contributed by atoms with Gasteiger partial charge in [0.2, 0.25) is 0 Å². The van der Waals surface area contributed by atoms with Gasteiger partial charge in [0, 0.05) is 0 Å². The third kappa shape index (κ3) is 22.7. The van der Waals surface area contributed by atoms with Crippen molar-refractivity contribution in [1.82, 2.24) is 0 Å². The molecule has 0 heteroatoms. The molecule has 0 N–H and O–H groups in total. The summed E-state index contributed by atoms with van der Waals surface area (Å²) in [5, 5.41) is 0. The predicted octanol–water partition coefficient (Wildman–Crippen LogP) is 5.38. The van der Waals surface area contributed by atoms with Crippen LogP contribution in [0.5, 0.6) is 0 Å². The highest BCUT2D eigenvalue weighted by atomic mass is 14.0. The normalized spacial score (nSPS) is 11.1. The topological polar surface area (TPSA) is 0 Å². The molecule has 0 spiro atoms. The summed E-state index contributed by atoms with van der Waals surface area (Å²) in [5.41, 5.74) is 0. The van der Waals surface area contributed by atoms with Crippen LogP contribution in [0.2, 0.25) is 0 Å². The Bertz CT molecular complexity index is 72.6. The third-order valence-corrected chi connectivity index (χ3v) is 1.89. The zero-order valence-corrected chi connectivity index (χ0v) is 11.7. The molecule has 0 saturated carbocycles. The zero-order chi connectivity index (χ0) is 11.7. The van der Waals surface area contributed by atoms with E-state index in [9.17, 15) is 0 Å². The van der Waals surface area contributed by atoms with Gasteiger partial charge in [0.15, 0.2) is 0 Å². The number of rotatable bonds is 4. The van der Waals surface area contributed by atoms with Crippen molar-refractivity contribution < 1.29 is 0 Å². The molecule has 0 aliphatic carbocycles. The zero-order valence-electron chi connectivity index (χ0n) is 11.7. The van der Waals surface area contributed by atoms with E-state index in [0.29, 0.717) is 0 Å². The van der Waals surface area contributed by atoms with Gasteiger partial charge in [-0.1, -0.05) is 55.4 Å². The van der Waals surface area contributed by atoms with Gasteiger partial charge >= 0.3 is 0 Å². The highest BCUT2D eigenvalue weighted by molar-refractivity contribution is 4.48. The van der Waals surface area contributed by atoms with Crippen molar-refractivity contribution in [2.75, 3.05) is 0 Å². The molecule has 0 fully saturated rings. The van der Waals surface area contributed by atoms with E-state index in [1.165, 1.54) is 12.8 Å². The van der Waals surface area contributed by atoms with Crippen LogP contribution in [0.25, 0.3) is 0 Å². The van der Waals surface area contributed by atoms with Gasteiger partial charge in [-0.3, -0.25) is 0 Å². The Labute approximate surface area is 92.5 Å². The number of hydrogen-bond acceptors (Lipinski definition) is 0.